The van der Waals surface area contributed by atoms with Gasteiger partial charge in [0.15, 0.2) is 5.82 Å². The molecule has 7 nitrogen and oxygen atoms in total. The number of nitrogens with zero attached hydrogens (tertiary/aromatic N) is 4. The highest BCUT2D eigenvalue weighted by Crippen LogP contribution is 2.20. The van der Waals surface area contributed by atoms with Gasteiger partial charge < -0.3 is 14.2 Å². The standard InChI is InChI=1S/C22H26ClFN4O3/c1-29-11-12-31-14-13-30-10-2-3-22-26-21(15-17-6-8-25-9-7-17)27-28(22)18-4-5-20(24)19(23)16-18/h4-9,16H,2-3,10-15H2,1H3. The molecule has 0 bridgehead atoms. The molecule has 0 saturated heterocycles. The van der Waals surface area contributed by atoms with Crippen molar-refractivity contribution in [2.75, 3.05) is 40.1 Å². The number of rotatable bonds is 13. The third-order valence-electron chi connectivity index (χ3n) is 4.47. The van der Waals surface area contributed by atoms with Gasteiger partial charge in [0.25, 0.3) is 0 Å². The Kier molecular flexibility index (Phi) is 9.36. The van der Waals surface area contributed by atoms with Crippen LogP contribution in [0.25, 0.3) is 5.69 Å². The Hall–Kier alpha value is -2.39. The lowest BCUT2D eigenvalue weighted by Gasteiger charge is -2.08. The van der Waals surface area contributed by atoms with Crippen LogP contribution in [0.2, 0.25) is 5.02 Å². The molecule has 1 aromatic carbocycles. The molecule has 0 atom stereocenters. The average molecular weight is 449 g/mol. The first-order valence-electron chi connectivity index (χ1n) is 10.1. The summed E-state index contributed by atoms with van der Waals surface area (Å²) < 4.78 is 31.2. The maximum Gasteiger partial charge on any atom is 0.155 e. The Balaban J connectivity index is 1.62. The highest BCUT2D eigenvalue weighted by molar-refractivity contribution is 6.30. The highest BCUT2D eigenvalue weighted by atomic mass is 35.5. The summed E-state index contributed by atoms with van der Waals surface area (Å²) in [7, 11) is 1.64. The molecule has 0 radical (unpaired) electrons. The first-order valence-corrected chi connectivity index (χ1v) is 10.5. The number of benzene rings is 1. The molecule has 0 amide bonds. The van der Waals surface area contributed by atoms with Gasteiger partial charge in [-0.1, -0.05) is 11.6 Å². The van der Waals surface area contributed by atoms with Crippen molar-refractivity contribution in [2.45, 2.75) is 19.3 Å². The van der Waals surface area contributed by atoms with Gasteiger partial charge in [0.2, 0.25) is 0 Å². The van der Waals surface area contributed by atoms with E-state index in [9.17, 15) is 4.39 Å². The van der Waals surface area contributed by atoms with Crippen LogP contribution in [0.4, 0.5) is 4.39 Å². The molecule has 3 rings (SSSR count). The number of ether oxygens (including phenoxy) is 3. The van der Waals surface area contributed by atoms with Crippen molar-refractivity contribution in [3.05, 3.63) is 70.8 Å². The van der Waals surface area contributed by atoms with Crippen LogP contribution in [0.3, 0.4) is 0 Å². The number of halogens is 2. The lowest BCUT2D eigenvalue weighted by molar-refractivity contribution is 0.0243. The molecule has 0 spiro atoms. The van der Waals surface area contributed by atoms with Crippen LogP contribution in [0.1, 0.15) is 23.6 Å². The summed E-state index contributed by atoms with van der Waals surface area (Å²) in [5.41, 5.74) is 1.73. The molecule has 2 heterocycles. The van der Waals surface area contributed by atoms with Crippen molar-refractivity contribution >= 4 is 11.6 Å². The second-order valence-electron chi connectivity index (χ2n) is 6.81. The second kappa shape index (κ2) is 12.5. The van der Waals surface area contributed by atoms with Gasteiger partial charge in [0.1, 0.15) is 11.6 Å². The molecular weight excluding hydrogens is 423 g/mol. The van der Waals surface area contributed by atoms with Crippen LogP contribution in [-0.4, -0.2) is 59.9 Å². The average Bonchev–Trinajstić information content (AvgIpc) is 3.17. The fourth-order valence-corrected chi connectivity index (χ4v) is 3.11. The molecule has 0 aliphatic heterocycles. The molecule has 0 N–H and O–H groups in total. The van der Waals surface area contributed by atoms with Gasteiger partial charge in [-0.15, -0.1) is 0 Å². The van der Waals surface area contributed by atoms with Crippen LogP contribution in [0, 0.1) is 5.82 Å². The van der Waals surface area contributed by atoms with Crippen LogP contribution in [0.15, 0.2) is 42.7 Å². The number of methoxy groups -OCH3 is 1. The molecule has 0 fully saturated rings. The quantitative estimate of drug-likeness (QED) is 0.372. The molecule has 0 saturated carbocycles. The number of hydrogen-bond acceptors (Lipinski definition) is 6. The Morgan fingerprint density at radius 3 is 2.48 bits per heavy atom. The minimum absolute atomic E-state index is 0.0476. The third kappa shape index (κ3) is 7.36. The molecular formula is C22H26ClFN4O3. The second-order valence-corrected chi connectivity index (χ2v) is 7.22. The van der Waals surface area contributed by atoms with E-state index < -0.39 is 5.82 Å². The smallest absolute Gasteiger partial charge is 0.155 e. The van der Waals surface area contributed by atoms with Gasteiger partial charge in [0.05, 0.1) is 37.1 Å². The molecule has 166 valence electrons. The van der Waals surface area contributed by atoms with Gasteiger partial charge >= 0.3 is 0 Å². The maximum absolute atomic E-state index is 13.6. The lowest BCUT2D eigenvalue weighted by atomic mass is 10.2. The Morgan fingerprint density at radius 2 is 1.74 bits per heavy atom. The molecule has 0 aliphatic carbocycles. The summed E-state index contributed by atoms with van der Waals surface area (Å²) >= 11 is 5.98. The Labute approximate surface area is 186 Å². The van der Waals surface area contributed by atoms with E-state index in [1.807, 2.05) is 12.1 Å². The normalized spacial score (nSPS) is 11.2. The summed E-state index contributed by atoms with van der Waals surface area (Å²) in [5, 5.41) is 4.68. The minimum atomic E-state index is -0.467. The predicted octanol–water partition coefficient (Wildman–Crippen LogP) is 3.66. The van der Waals surface area contributed by atoms with E-state index in [1.54, 1.807) is 36.3 Å². The first-order chi connectivity index (χ1) is 15.2. The van der Waals surface area contributed by atoms with Crippen molar-refractivity contribution in [1.82, 2.24) is 19.7 Å². The van der Waals surface area contributed by atoms with Gasteiger partial charge in [-0.3, -0.25) is 4.98 Å². The van der Waals surface area contributed by atoms with Crippen molar-refractivity contribution in [1.29, 1.82) is 0 Å². The largest absolute Gasteiger partial charge is 0.382 e. The topological polar surface area (TPSA) is 71.3 Å². The number of aromatic nitrogens is 4. The number of pyridine rings is 1. The zero-order valence-corrected chi connectivity index (χ0v) is 18.2. The summed E-state index contributed by atoms with van der Waals surface area (Å²) in [6.45, 7) is 2.76. The zero-order chi connectivity index (χ0) is 21.9. The van der Waals surface area contributed by atoms with Crippen LogP contribution >= 0.6 is 11.6 Å². The van der Waals surface area contributed by atoms with Crippen molar-refractivity contribution < 1.29 is 18.6 Å². The van der Waals surface area contributed by atoms with Gasteiger partial charge in [-0.05, 0) is 42.3 Å². The summed E-state index contributed by atoms with van der Waals surface area (Å²) in [6, 6.07) is 8.39. The predicted molar refractivity (Wildman–Crippen MR) is 115 cm³/mol. The summed E-state index contributed by atoms with van der Waals surface area (Å²) in [5.74, 6) is 0.978. The fourth-order valence-electron chi connectivity index (χ4n) is 2.93. The molecule has 31 heavy (non-hydrogen) atoms. The minimum Gasteiger partial charge on any atom is -0.382 e. The van der Waals surface area contributed by atoms with Crippen molar-refractivity contribution in [3.63, 3.8) is 0 Å². The summed E-state index contributed by atoms with van der Waals surface area (Å²) in [6.07, 6.45) is 5.47. The Morgan fingerprint density at radius 1 is 1.00 bits per heavy atom. The van der Waals surface area contributed by atoms with E-state index in [0.29, 0.717) is 57.4 Å². The molecule has 9 heteroatoms. The summed E-state index contributed by atoms with van der Waals surface area (Å²) in [4.78, 5) is 8.74. The van der Waals surface area contributed by atoms with Crippen LogP contribution in [0.5, 0.6) is 0 Å². The van der Waals surface area contributed by atoms with E-state index in [-0.39, 0.29) is 5.02 Å². The molecule has 2 aromatic heterocycles. The van der Waals surface area contributed by atoms with Crippen LogP contribution < -0.4 is 0 Å². The molecule has 3 aromatic rings. The first kappa shape index (κ1) is 23.3. The third-order valence-corrected chi connectivity index (χ3v) is 4.76. The van der Waals surface area contributed by atoms with Gasteiger partial charge in [-0.25, -0.2) is 14.1 Å². The number of hydrogen-bond donors (Lipinski definition) is 0. The van der Waals surface area contributed by atoms with Crippen LogP contribution in [-0.2, 0) is 27.1 Å². The fraction of sp³-hybridized carbons (Fsp3) is 0.409. The highest BCUT2D eigenvalue weighted by Gasteiger charge is 2.13. The van der Waals surface area contributed by atoms with E-state index >= 15 is 0 Å². The van der Waals surface area contributed by atoms with E-state index in [1.165, 1.54) is 6.07 Å². The molecule has 0 unspecified atom stereocenters. The van der Waals surface area contributed by atoms with Crippen molar-refractivity contribution in [3.8, 4) is 5.69 Å². The van der Waals surface area contributed by atoms with Gasteiger partial charge in [-0.2, -0.15) is 5.10 Å². The van der Waals surface area contributed by atoms with E-state index in [2.05, 4.69) is 10.1 Å². The monoisotopic (exact) mass is 448 g/mol. The van der Waals surface area contributed by atoms with Crippen molar-refractivity contribution in [2.24, 2.45) is 0 Å². The lowest BCUT2D eigenvalue weighted by Crippen LogP contribution is -2.10. The molecule has 0 aliphatic rings. The zero-order valence-electron chi connectivity index (χ0n) is 17.5. The number of aryl methyl sites for hydroxylation is 1. The maximum atomic E-state index is 13.6. The SMILES string of the molecule is COCCOCCOCCCc1nc(Cc2ccncc2)nn1-c1ccc(F)c(Cl)c1. The van der Waals surface area contributed by atoms with E-state index in [0.717, 1.165) is 17.8 Å². The van der Waals surface area contributed by atoms with Gasteiger partial charge in [0, 0.05) is 39.0 Å². The van der Waals surface area contributed by atoms with E-state index in [4.69, 9.17) is 30.8 Å². The Bertz CT molecular complexity index is 940.